The number of ether oxygens (including phenoxy) is 1. The molecule has 0 aliphatic heterocycles. The number of aromatic nitrogens is 2. The van der Waals surface area contributed by atoms with Gasteiger partial charge in [-0.25, -0.2) is 4.79 Å². The third-order valence-electron chi connectivity index (χ3n) is 2.87. The number of anilines is 1. The van der Waals surface area contributed by atoms with Gasteiger partial charge in [0.25, 0.3) is 0 Å². The fourth-order valence-corrected chi connectivity index (χ4v) is 1.82. The van der Waals surface area contributed by atoms with E-state index in [-0.39, 0.29) is 12.5 Å². The summed E-state index contributed by atoms with van der Waals surface area (Å²) >= 11 is 0. The molecule has 0 aliphatic rings. The van der Waals surface area contributed by atoms with Crippen LogP contribution in [0.25, 0.3) is 0 Å². The van der Waals surface area contributed by atoms with Crippen molar-refractivity contribution in [3.05, 3.63) is 47.8 Å². The Morgan fingerprint density at radius 2 is 2.10 bits per heavy atom. The highest BCUT2D eigenvalue weighted by Gasteiger charge is 2.11. The van der Waals surface area contributed by atoms with E-state index in [1.54, 1.807) is 6.92 Å². The van der Waals surface area contributed by atoms with Crippen LogP contribution >= 0.6 is 0 Å². The number of hydrogen-bond acceptors (Lipinski definition) is 4. The molecule has 0 fully saturated rings. The molecule has 0 saturated carbocycles. The number of hydrogen-bond donors (Lipinski definition) is 1. The van der Waals surface area contributed by atoms with Crippen molar-refractivity contribution in [1.82, 2.24) is 9.78 Å². The average Bonchev–Trinajstić information content (AvgIpc) is 2.90. The molecular weight excluding hydrogens is 270 g/mol. The minimum Gasteiger partial charge on any atom is -0.462 e. The highest BCUT2D eigenvalue weighted by atomic mass is 16.5. The third-order valence-corrected chi connectivity index (χ3v) is 2.87. The second-order valence-corrected chi connectivity index (χ2v) is 4.51. The monoisotopic (exact) mass is 287 g/mol. The molecule has 1 aromatic heterocycles. The molecule has 0 saturated heterocycles. The van der Waals surface area contributed by atoms with Gasteiger partial charge in [-0.3, -0.25) is 9.48 Å². The van der Waals surface area contributed by atoms with Crippen molar-refractivity contribution < 1.29 is 14.3 Å². The van der Waals surface area contributed by atoms with Gasteiger partial charge in [-0.05, 0) is 25.5 Å². The summed E-state index contributed by atoms with van der Waals surface area (Å²) in [6.07, 6.45) is 2.88. The molecule has 1 amide bonds. The zero-order valence-corrected chi connectivity index (χ0v) is 12.0. The van der Waals surface area contributed by atoms with Crippen molar-refractivity contribution in [2.75, 3.05) is 11.9 Å². The van der Waals surface area contributed by atoms with Crippen molar-refractivity contribution >= 4 is 17.6 Å². The molecule has 110 valence electrons. The molecule has 2 rings (SSSR count). The number of para-hydroxylation sites is 1. The first-order valence-corrected chi connectivity index (χ1v) is 6.65. The predicted octanol–water partition coefficient (Wildman–Crippen LogP) is 2.01. The molecule has 2 aromatic rings. The Morgan fingerprint density at radius 1 is 1.33 bits per heavy atom. The molecule has 6 heteroatoms. The maximum atomic E-state index is 12.0. The number of nitrogens with zero attached hydrogens (tertiary/aromatic N) is 2. The zero-order valence-electron chi connectivity index (χ0n) is 12.0. The van der Waals surface area contributed by atoms with E-state index in [2.05, 4.69) is 10.4 Å². The SMILES string of the molecule is CCOC(=O)c1cnn(CC(=O)Nc2ccccc2C)c1. The number of benzene rings is 1. The minimum absolute atomic E-state index is 0.0355. The predicted molar refractivity (Wildman–Crippen MR) is 78.0 cm³/mol. The highest BCUT2D eigenvalue weighted by Crippen LogP contribution is 2.13. The summed E-state index contributed by atoms with van der Waals surface area (Å²) in [5.41, 5.74) is 2.08. The first kappa shape index (κ1) is 14.8. The summed E-state index contributed by atoms with van der Waals surface area (Å²) in [4.78, 5) is 23.5. The highest BCUT2D eigenvalue weighted by molar-refractivity contribution is 5.91. The number of carbonyl (C=O) groups is 2. The maximum absolute atomic E-state index is 12.0. The van der Waals surface area contributed by atoms with E-state index < -0.39 is 5.97 Å². The Balaban J connectivity index is 1.97. The van der Waals surface area contributed by atoms with Crippen molar-refractivity contribution in [1.29, 1.82) is 0 Å². The van der Waals surface area contributed by atoms with Crippen LogP contribution in [-0.4, -0.2) is 28.3 Å². The maximum Gasteiger partial charge on any atom is 0.341 e. The smallest absolute Gasteiger partial charge is 0.341 e. The molecule has 1 heterocycles. The van der Waals surface area contributed by atoms with Crippen LogP contribution in [0.1, 0.15) is 22.8 Å². The molecule has 0 bridgehead atoms. The number of amides is 1. The van der Waals surface area contributed by atoms with E-state index in [0.717, 1.165) is 11.3 Å². The van der Waals surface area contributed by atoms with Crippen LogP contribution in [0.2, 0.25) is 0 Å². The Kier molecular flexibility index (Phi) is 4.71. The fourth-order valence-electron chi connectivity index (χ4n) is 1.82. The summed E-state index contributed by atoms with van der Waals surface area (Å²) in [7, 11) is 0. The van der Waals surface area contributed by atoms with E-state index in [4.69, 9.17) is 4.74 Å². The van der Waals surface area contributed by atoms with Crippen LogP contribution in [0.15, 0.2) is 36.7 Å². The molecule has 0 radical (unpaired) electrons. The Bertz CT molecular complexity index is 649. The molecule has 0 spiro atoms. The van der Waals surface area contributed by atoms with Crippen LogP contribution in [-0.2, 0) is 16.1 Å². The van der Waals surface area contributed by atoms with Gasteiger partial charge in [0.1, 0.15) is 6.54 Å². The van der Waals surface area contributed by atoms with Crippen LogP contribution in [0, 0.1) is 6.92 Å². The van der Waals surface area contributed by atoms with Crippen molar-refractivity contribution in [3.8, 4) is 0 Å². The molecule has 0 unspecified atom stereocenters. The van der Waals surface area contributed by atoms with E-state index in [1.807, 2.05) is 31.2 Å². The van der Waals surface area contributed by atoms with Gasteiger partial charge in [-0.1, -0.05) is 18.2 Å². The standard InChI is InChI=1S/C15H17N3O3/c1-3-21-15(20)12-8-16-18(9-12)10-14(19)17-13-7-5-4-6-11(13)2/h4-9H,3,10H2,1-2H3,(H,17,19). The summed E-state index contributed by atoms with van der Waals surface area (Å²) < 4.78 is 6.27. The number of esters is 1. The lowest BCUT2D eigenvalue weighted by Crippen LogP contribution is -2.19. The Labute approximate surface area is 122 Å². The summed E-state index contributed by atoms with van der Waals surface area (Å²) in [5, 5.41) is 6.78. The molecule has 21 heavy (non-hydrogen) atoms. The molecule has 0 aliphatic carbocycles. The first-order chi connectivity index (χ1) is 10.1. The first-order valence-electron chi connectivity index (χ1n) is 6.65. The summed E-state index contributed by atoms with van der Waals surface area (Å²) in [6.45, 7) is 3.99. The number of aryl methyl sites for hydroxylation is 1. The third kappa shape index (κ3) is 3.92. The normalized spacial score (nSPS) is 10.2. The van der Waals surface area contributed by atoms with Crippen LogP contribution in [0.3, 0.4) is 0 Å². The quantitative estimate of drug-likeness (QED) is 0.854. The molecule has 0 atom stereocenters. The lowest BCUT2D eigenvalue weighted by atomic mass is 10.2. The van der Waals surface area contributed by atoms with Crippen molar-refractivity contribution in [2.45, 2.75) is 20.4 Å². The average molecular weight is 287 g/mol. The van der Waals surface area contributed by atoms with E-state index in [1.165, 1.54) is 17.1 Å². The molecule has 1 aromatic carbocycles. The van der Waals surface area contributed by atoms with Gasteiger partial charge >= 0.3 is 5.97 Å². The summed E-state index contributed by atoms with van der Waals surface area (Å²) in [6, 6.07) is 7.52. The second-order valence-electron chi connectivity index (χ2n) is 4.51. The number of rotatable bonds is 5. The molecule has 6 nitrogen and oxygen atoms in total. The van der Waals surface area contributed by atoms with Gasteiger partial charge < -0.3 is 10.1 Å². The van der Waals surface area contributed by atoms with Crippen molar-refractivity contribution in [3.63, 3.8) is 0 Å². The van der Waals surface area contributed by atoms with Crippen LogP contribution in [0.4, 0.5) is 5.69 Å². The lowest BCUT2D eigenvalue weighted by molar-refractivity contribution is -0.116. The summed E-state index contributed by atoms with van der Waals surface area (Å²) in [5.74, 6) is -0.647. The lowest BCUT2D eigenvalue weighted by Gasteiger charge is -2.07. The van der Waals surface area contributed by atoms with E-state index in [9.17, 15) is 9.59 Å². The van der Waals surface area contributed by atoms with Gasteiger partial charge in [0.2, 0.25) is 5.91 Å². The van der Waals surface area contributed by atoms with Crippen LogP contribution in [0.5, 0.6) is 0 Å². The second kappa shape index (κ2) is 6.69. The van der Waals surface area contributed by atoms with Gasteiger partial charge in [0.15, 0.2) is 0 Å². The van der Waals surface area contributed by atoms with Crippen LogP contribution < -0.4 is 5.32 Å². The molecule has 1 N–H and O–H groups in total. The molecular formula is C15H17N3O3. The minimum atomic E-state index is -0.442. The van der Waals surface area contributed by atoms with Gasteiger partial charge in [0, 0.05) is 11.9 Å². The Hall–Kier alpha value is -2.63. The number of nitrogens with one attached hydrogen (secondary N) is 1. The topological polar surface area (TPSA) is 73.2 Å². The largest absolute Gasteiger partial charge is 0.462 e. The van der Waals surface area contributed by atoms with Gasteiger partial charge in [-0.2, -0.15) is 5.10 Å². The van der Waals surface area contributed by atoms with Gasteiger partial charge in [0.05, 0.1) is 18.4 Å². The van der Waals surface area contributed by atoms with E-state index in [0.29, 0.717) is 12.2 Å². The van der Waals surface area contributed by atoms with Gasteiger partial charge in [-0.15, -0.1) is 0 Å². The van der Waals surface area contributed by atoms with Crippen molar-refractivity contribution in [2.24, 2.45) is 0 Å². The zero-order chi connectivity index (χ0) is 15.2. The Morgan fingerprint density at radius 3 is 2.81 bits per heavy atom. The number of carbonyl (C=O) groups excluding carboxylic acids is 2. The fraction of sp³-hybridized carbons (Fsp3) is 0.267. The van der Waals surface area contributed by atoms with E-state index >= 15 is 0 Å².